The number of nitrogens with zero attached hydrogens (tertiary/aromatic N) is 2. The van der Waals surface area contributed by atoms with Crippen molar-refractivity contribution in [3.63, 3.8) is 0 Å². The second kappa shape index (κ2) is 7.75. The third kappa shape index (κ3) is 4.27. The zero-order valence-electron chi connectivity index (χ0n) is 14.6. The summed E-state index contributed by atoms with van der Waals surface area (Å²) in [6.45, 7) is 1.88. The van der Waals surface area contributed by atoms with Crippen LogP contribution in [-0.4, -0.2) is 24.6 Å². The van der Waals surface area contributed by atoms with Gasteiger partial charge in [0.25, 0.3) is 0 Å². The molecule has 0 aliphatic carbocycles. The minimum atomic E-state index is -3.53. The second-order valence-corrected chi connectivity index (χ2v) is 9.94. The number of hydrogen-bond donors (Lipinski definition) is 0. The molecule has 27 heavy (non-hydrogen) atoms. The molecule has 0 fully saturated rings. The summed E-state index contributed by atoms with van der Waals surface area (Å²) >= 11 is 13.6. The van der Waals surface area contributed by atoms with Gasteiger partial charge in [0.2, 0.25) is 5.91 Å². The second-order valence-electron chi connectivity index (χ2n) is 6.04. The number of aromatic nitrogens is 1. The number of aryl methyl sites for hydroxylation is 2. The normalized spacial score (nSPS) is 12.7. The summed E-state index contributed by atoms with van der Waals surface area (Å²) < 4.78 is 27.2. The van der Waals surface area contributed by atoms with Crippen LogP contribution in [0.25, 0.3) is 10.2 Å². The van der Waals surface area contributed by atoms with Crippen LogP contribution in [0.5, 0.6) is 0 Å². The topological polar surface area (TPSA) is 68.5 Å². The molecular weight excluding hydrogens is 427 g/mol. The fraction of sp³-hybridized carbons (Fsp3) is 0.222. The van der Waals surface area contributed by atoms with Gasteiger partial charge in [-0.1, -0.05) is 52.2 Å². The van der Waals surface area contributed by atoms with Crippen LogP contribution in [0.4, 0.5) is 0 Å². The molecule has 0 aliphatic heterocycles. The average Bonchev–Trinajstić information content (AvgIpc) is 2.93. The molecule has 0 unspecified atom stereocenters. The van der Waals surface area contributed by atoms with Crippen molar-refractivity contribution < 1.29 is 13.2 Å². The van der Waals surface area contributed by atoms with Crippen molar-refractivity contribution in [2.75, 3.05) is 5.75 Å². The summed E-state index contributed by atoms with van der Waals surface area (Å²) in [5, 5.41) is 0.809. The van der Waals surface area contributed by atoms with E-state index in [1.807, 2.05) is 6.92 Å². The maximum absolute atomic E-state index is 12.4. The van der Waals surface area contributed by atoms with Crippen molar-refractivity contribution in [3.05, 3.63) is 56.8 Å². The van der Waals surface area contributed by atoms with E-state index in [4.69, 9.17) is 23.2 Å². The monoisotopic (exact) mass is 442 g/mol. The zero-order chi connectivity index (χ0) is 19.8. The van der Waals surface area contributed by atoms with Crippen LogP contribution in [0, 0.1) is 6.92 Å². The first-order chi connectivity index (χ1) is 12.7. The molecule has 0 bridgehead atoms. The van der Waals surface area contributed by atoms with Gasteiger partial charge in [-0.15, -0.1) is 0 Å². The van der Waals surface area contributed by atoms with Crippen LogP contribution in [0.15, 0.2) is 46.3 Å². The Hall–Kier alpha value is -1.67. The molecule has 1 amide bonds. The number of sulfone groups is 1. The number of benzene rings is 2. The van der Waals surface area contributed by atoms with Crippen molar-refractivity contribution >= 4 is 60.5 Å². The molecule has 0 N–H and O–H groups in total. The molecule has 1 heterocycles. The third-order valence-corrected chi connectivity index (χ3v) is 7.66. The minimum Gasteiger partial charge on any atom is -0.318 e. The van der Waals surface area contributed by atoms with Gasteiger partial charge in [-0.2, -0.15) is 4.99 Å². The van der Waals surface area contributed by atoms with Crippen molar-refractivity contribution in [1.82, 2.24) is 4.57 Å². The highest BCUT2D eigenvalue weighted by atomic mass is 35.5. The van der Waals surface area contributed by atoms with Crippen LogP contribution in [0.2, 0.25) is 10.0 Å². The van der Waals surface area contributed by atoms with Gasteiger partial charge in [0.1, 0.15) is 0 Å². The lowest BCUT2D eigenvalue weighted by Gasteiger charge is -2.03. The number of fused-ring (bicyclic) bond motifs is 1. The van der Waals surface area contributed by atoms with Gasteiger partial charge < -0.3 is 4.57 Å². The summed E-state index contributed by atoms with van der Waals surface area (Å²) in [6, 6.07) is 10.0. The van der Waals surface area contributed by atoms with E-state index in [0.29, 0.717) is 20.4 Å². The van der Waals surface area contributed by atoms with Gasteiger partial charge in [0.15, 0.2) is 14.6 Å². The maximum Gasteiger partial charge on any atom is 0.249 e. The summed E-state index contributed by atoms with van der Waals surface area (Å²) in [6.07, 6.45) is -0.195. The third-order valence-electron chi connectivity index (χ3n) is 4.04. The van der Waals surface area contributed by atoms with Crippen LogP contribution in [0.3, 0.4) is 0 Å². The van der Waals surface area contributed by atoms with Gasteiger partial charge in [-0.05, 0) is 31.2 Å². The Morgan fingerprint density at radius 2 is 1.81 bits per heavy atom. The number of hydrogen-bond acceptors (Lipinski definition) is 4. The fourth-order valence-electron chi connectivity index (χ4n) is 2.53. The smallest absolute Gasteiger partial charge is 0.249 e. The molecule has 5 nitrogen and oxygen atoms in total. The van der Waals surface area contributed by atoms with Gasteiger partial charge in [0, 0.05) is 13.5 Å². The van der Waals surface area contributed by atoms with Gasteiger partial charge in [0.05, 0.1) is 30.9 Å². The molecule has 0 saturated heterocycles. The quantitative estimate of drug-likeness (QED) is 0.609. The van der Waals surface area contributed by atoms with E-state index >= 15 is 0 Å². The summed E-state index contributed by atoms with van der Waals surface area (Å²) in [5.41, 5.74) is 1.66. The molecule has 0 atom stereocenters. The van der Waals surface area contributed by atoms with Crippen molar-refractivity contribution in [2.45, 2.75) is 18.2 Å². The highest BCUT2D eigenvalue weighted by Gasteiger charge is 2.17. The molecule has 0 aliphatic rings. The molecule has 9 heteroatoms. The predicted molar refractivity (Wildman–Crippen MR) is 109 cm³/mol. The van der Waals surface area contributed by atoms with E-state index in [9.17, 15) is 13.2 Å². The Kier molecular flexibility index (Phi) is 5.76. The number of carbonyl (C=O) groups is 1. The molecular formula is C18H16Cl2N2O3S2. The first-order valence-corrected chi connectivity index (χ1v) is 11.2. The standard InChI is InChI=1S/C18H16Cl2N2O3S2/c1-11-3-5-12(6-4-11)27(24,25)10-9-15(23)21-18-22(2)17-14(26-18)8-7-13(19)16(17)20/h3-8H,9-10H2,1-2H3. The van der Waals surface area contributed by atoms with Crippen LogP contribution >= 0.6 is 34.5 Å². The van der Waals surface area contributed by atoms with E-state index in [2.05, 4.69) is 4.99 Å². The Balaban J connectivity index is 1.83. The lowest BCUT2D eigenvalue weighted by molar-refractivity contribution is -0.117. The molecule has 142 valence electrons. The van der Waals surface area contributed by atoms with E-state index in [1.165, 1.54) is 11.3 Å². The summed E-state index contributed by atoms with van der Waals surface area (Å²) in [7, 11) is -1.80. The molecule has 0 saturated carbocycles. The highest BCUT2D eigenvalue weighted by molar-refractivity contribution is 7.91. The Bertz CT molecular complexity index is 1190. The first kappa shape index (κ1) is 20.1. The number of carbonyl (C=O) groups excluding carboxylic acids is 1. The van der Waals surface area contributed by atoms with Crippen LogP contribution in [-0.2, 0) is 21.7 Å². The number of halogens is 2. The van der Waals surface area contributed by atoms with Crippen LogP contribution < -0.4 is 4.80 Å². The number of amides is 1. The van der Waals surface area contributed by atoms with Crippen LogP contribution in [0.1, 0.15) is 12.0 Å². The van der Waals surface area contributed by atoms with E-state index in [1.54, 1.807) is 48.0 Å². The maximum atomic E-state index is 12.4. The van der Waals surface area contributed by atoms with E-state index < -0.39 is 15.7 Å². The molecule has 1 aromatic heterocycles. The summed E-state index contributed by atoms with van der Waals surface area (Å²) in [4.78, 5) is 16.9. The molecule has 3 rings (SSSR count). The van der Waals surface area contributed by atoms with Gasteiger partial charge in [-0.25, -0.2) is 8.42 Å². The first-order valence-electron chi connectivity index (χ1n) is 7.99. The van der Waals surface area contributed by atoms with E-state index in [0.717, 1.165) is 10.3 Å². The fourth-order valence-corrected chi connectivity index (χ4v) is 5.30. The van der Waals surface area contributed by atoms with Crippen molar-refractivity contribution in [1.29, 1.82) is 0 Å². The van der Waals surface area contributed by atoms with E-state index in [-0.39, 0.29) is 17.1 Å². The summed E-state index contributed by atoms with van der Waals surface area (Å²) in [5.74, 6) is -0.797. The van der Waals surface area contributed by atoms with Gasteiger partial charge in [-0.3, -0.25) is 4.79 Å². The minimum absolute atomic E-state index is 0.195. The SMILES string of the molecule is Cc1ccc(S(=O)(=O)CCC(=O)N=c2sc3ccc(Cl)c(Cl)c3n2C)cc1. The van der Waals surface area contributed by atoms with Crippen molar-refractivity contribution in [2.24, 2.45) is 12.0 Å². The largest absolute Gasteiger partial charge is 0.318 e. The molecule has 2 aromatic carbocycles. The zero-order valence-corrected chi connectivity index (χ0v) is 17.7. The lowest BCUT2D eigenvalue weighted by atomic mass is 10.2. The van der Waals surface area contributed by atoms with Gasteiger partial charge >= 0.3 is 0 Å². The highest BCUT2D eigenvalue weighted by Crippen LogP contribution is 2.31. The average molecular weight is 443 g/mol. The lowest BCUT2D eigenvalue weighted by Crippen LogP contribution is -2.16. The Morgan fingerprint density at radius 1 is 1.15 bits per heavy atom. The van der Waals surface area contributed by atoms with Crippen molar-refractivity contribution in [3.8, 4) is 0 Å². The molecule has 0 spiro atoms. The molecule has 0 radical (unpaired) electrons. The predicted octanol–water partition coefficient (Wildman–Crippen LogP) is 4.15. The Labute approximate surface area is 170 Å². The Morgan fingerprint density at radius 3 is 2.48 bits per heavy atom. The number of rotatable bonds is 4. The molecule has 3 aromatic rings. The number of thiazole rings is 1.